The van der Waals surface area contributed by atoms with Crippen LogP contribution in [0.3, 0.4) is 0 Å². The number of nitriles is 1. The average molecular weight is 247 g/mol. The first-order chi connectivity index (χ1) is 8.72. The van der Waals surface area contributed by atoms with Crippen molar-refractivity contribution in [2.45, 2.75) is 13.5 Å². The maximum atomic E-state index is 10.6. The van der Waals surface area contributed by atoms with Crippen molar-refractivity contribution in [1.82, 2.24) is 10.6 Å². The molecule has 0 saturated heterocycles. The zero-order valence-electron chi connectivity index (χ0n) is 10.4. The average Bonchev–Trinajstić information content (AvgIpc) is 2.37. The van der Waals surface area contributed by atoms with Gasteiger partial charge in [-0.3, -0.25) is 4.79 Å². The van der Waals surface area contributed by atoms with Crippen molar-refractivity contribution in [3.05, 3.63) is 29.8 Å². The smallest absolute Gasteiger partial charge is 0.216 e. The SMILES string of the molecule is CC(=O)NCCNCc1ccc(OCC#N)cc1. The van der Waals surface area contributed by atoms with Crippen molar-refractivity contribution in [3.63, 3.8) is 0 Å². The molecule has 0 unspecified atom stereocenters. The van der Waals surface area contributed by atoms with E-state index in [0.717, 1.165) is 18.7 Å². The van der Waals surface area contributed by atoms with Gasteiger partial charge < -0.3 is 15.4 Å². The molecule has 0 aromatic heterocycles. The van der Waals surface area contributed by atoms with Crippen LogP contribution in [-0.4, -0.2) is 25.6 Å². The summed E-state index contributed by atoms with van der Waals surface area (Å²) < 4.78 is 5.15. The lowest BCUT2D eigenvalue weighted by atomic mass is 10.2. The summed E-state index contributed by atoms with van der Waals surface area (Å²) in [6.07, 6.45) is 0. The summed E-state index contributed by atoms with van der Waals surface area (Å²) in [6.45, 7) is 3.65. The van der Waals surface area contributed by atoms with Crippen LogP contribution >= 0.6 is 0 Å². The second-order valence-electron chi connectivity index (χ2n) is 3.75. The summed E-state index contributed by atoms with van der Waals surface area (Å²) in [6, 6.07) is 9.48. The molecule has 96 valence electrons. The Bertz CT molecular complexity index is 409. The first kappa shape index (κ1) is 14.0. The number of nitrogens with one attached hydrogen (secondary N) is 2. The summed E-state index contributed by atoms with van der Waals surface area (Å²) in [7, 11) is 0. The number of benzene rings is 1. The number of ether oxygens (including phenoxy) is 1. The minimum absolute atomic E-state index is 0.0178. The van der Waals surface area contributed by atoms with Crippen molar-refractivity contribution in [1.29, 1.82) is 5.26 Å². The Morgan fingerprint density at radius 2 is 2.06 bits per heavy atom. The predicted molar refractivity (Wildman–Crippen MR) is 67.9 cm³/mol. The van der Waals surface area contributed by atoms with E-state index in [1.807, 2.05) is 30.3 Å². The Hall–Kier alpha value is -2.06. The third kappa shape index (κ3) is 5.87. The largest absolute Gasteiger partial charge is 0.479 e. The Morgan fingerprint density at radius 3 is 2.67 bits per heavy atom. The van der Waals surface area contributed by atoms with E-state index >= 15 is 0 Å². The molecule has 5 heteroatoms. The molecule has 1 aromatic carbocycles. The van der Waals surface area contributed by atoms with Crippen LogP contribution < -0.4 is 15.4 Å². The van der Waals surface area contributed by atoms with E-state index in [4.69, 9.17) is 10.00 Å². The van der Waals surface area contributed by atoms with Crippen LogP contribution in [0.1, 0.15) is 12.5 Å². The van der Waals surface area contributed by atoms with Gasteiger partial charge in [0.25, 0.3) is 0 Å². The molecule has 1 rings (SSSR count). The molecule has 0 heterocycles. The molecule has 0 spiro atoms. The number of amides is 1. The Labute approximate surface area is 107 Å². The van der Waals surface area contributed by atoms with E-state index in [1.54, 1.807) is 0 Å². The minimum Gasteiger partial charge on any atom is -0.479 e. The van der Waals surface area contributed by atoms with Crippen molar-refractivity contribution < 1.29 is 9.53 Å². The van der Waals surface area contributed by atoms with Gasteiger partial charge in [-0.25, -0.2) is 0 Å². The fraction of sp³-hybridized carbons (Fsp3) is 0.385. The van der Waals surface area contributed by atoms with Gasteiger partial charge in [0.2, 0.25) is 5.91 Å². The highest BCUT2D eigenvalue weighted by atomic mass is 16.5. The summed E-state index contributed by atoms with van der Waals surface area (Å²) in [4.78, 5) is 10.6. The van der Waals surface area contributed by atoms with E-state index in [9.17, 15) is 4.79 Å². The molecule has 0 saturated carbocycles. The lowest BCUT2D eigenvalue weighted by Gasteiger charge is -2.06. The van der Waals surface area contributed by atoms with Gasteiger partial charge in [-0.05, 0) is 17.7 Å². The lowest BCUT2D eigenvalue weighted by molar-refractivity contribution is -0.118. The van der Waals surface area contributed by atoms with Gasteiger partial charge in [0.05, 0.1) is 0 Å². The molecule has 0 fully saturated rings. The molecule has 0 aliphatic rings. The number of carbonyl (C=O) groups excluding carboxylic acids is 1. The molecule has 2 N–H and O–H groups in total. The fourth-order valence-electron chi connectivity index (χ4n) is 1.38. The van der Waals surface area contributed by atoms with Crippen LogP contribution in [0.4, 0.5) is 0 Å². The van der Waals surface area contributed by atoms with Gasteiger partial charge in [0, 0.05) is 26.6 Å². The maximum Gasteiger partial charge on any atom is 0.216 e. The number of hydrogen-bond acceptors (Lipinski definition) is 4. The summed E-state index contributed by atoms with van der Waals surface area (Å²) in [5.41, 5.74) is 1.13. The highest BCUT2D eigenvalue weighted by Gasteiger charge is 1.96. The van der Waals surface area contributed by atoms with Crippen LogP contribution in [0.15, 0.2) is 24.3 Å². The predicted octanol–water partition coefficient (Wildman–Crippen LogP) is 0.815. The molecule has 0 bridgehead atoms. The monoisotopic (exact) mass is 247 g/mol. The molecule has 18 heavy (non-hydrogen) atoms. The summed E-state index contributed by atoms with van der Waals surface area (Å²) >= 11 is 0. The normalized spacial score (nSPS) is 9.56. The minimum atomic E-state index is -0.0178. The van der Waals surface area contributed by atoms with Gasteiger partial charge in [0.15, 0.2) is 6.61 Å². The van der Waals surface area contributed by atoms with E-state index in [2.05, 4.69) is 10.6 Å². The number of rotatable bonds is 7. The van der Waals surface area contributed by atoms with Crippen molar-refractivity contribution in [3.8, 4) is 11.8 Å². The molecular weight excluding hydrogens is 230 g/mol. The topological polar surface area (TPSA) is 74.2 Å². The zero-order valence-corrected chi connectivity index (χ0v) is 10.4. The maximum absolute atomic E-state index is 10.6. The molecular formula is C13H17N3O2. The van der Waals surface area contributed by atoms with Gasteiger partial charge in [0.1, 0.15) is 11.8 Å². The standard InChI is InChI=1S/C13H17N3O2/c1-11(17)16-8-7-15-10-12-2-4-13(5-3-12)18-9-6-14/h2-5,15H,7-10H2,1H3,(H,16,17). The molecule has 1 amide bonds. The Morgan fingerprint density at radius 1 is 1.33 bits per heavy atom. The molecule has 0 aliphatic heterocycles. The van der Waals surface area contributed by atoms with Crippen molar-refractivity contribution in [2.75, 3.05) is 19.7 Å². The van der Waals surface area contributed by atoms with Crippen LogP contribution in [0.2, 0.25) is 0 Å². The highest BCUT2D eigenvalue weighted by Crippen LogP contribution is 2.11. The second-order valence-corrected chi connectivity index (χ2v) is 3.75. The van der Waals surface area contributed by atoms with Crippen molar-refractivity contribution in [2.24, 2.45) is 0 Å². The van der Waals surface area contributed by atoms with E-state index < -0.39 is 0 Å². The molecule has 1 aromatic rings. The van der Waals surface area contributed by atoms with Crippen LogP contribution in [0, 0.1) is 11.3 Å². The first-order valence-electron chi connectivity index (χ1n) is 5.76. The van der Waals surface area contributed by atoms with Gasteiger partial charge in [-0.15, -0.1) is 0 Å². The molecule has 5 nitrogen and oxygen atoms in total. The van der Waals surface area contributed by atoms with Crippen LogP contribution in [0.5, 0.6) is 5.75 Å². The fourth-order valence-corrected chi connectivity index (χ4v) is 1.38. The van der Waals surface area contributed by atoms with E-state index in [0.29, 0.717) is 12.3 Å². The summed E-state index contributed by atoms with van der Waals surface area (Å²) in [5.74, 6) is 0.675. The molecule has 0 aliphatic carbocycles. The number of hydrogen-bond donors (Lipinski definition) is 2. The second kappa shape index (κ2) is 8.09. The first-order valence-corrected chi connectivity index (χ1v) is 5.76. The van der Waals surface area contributed by atoms with Crippen LogP contribution in [-0.2, 0) is 11.3 Å². The molecule has 0 radical (unpaired) electrons. The van der Waals surface area contributed by atoms with Crippen LogP contribution in [0.25, 0.3) is 0 Å². The van der Waals surface area contributed by atoms with E-state index in [-0.39, 0.29) is 12.5 Å². The van der Waals surface area contributed by atoms with Gasteiger partial charge >= 0.3 is 0 Å². The Kier molecular flexibility index (Phi) is 6.30. The van der Waals surface area contributed by atoms with Crippen molar-refractivity contribution >= 4 is 5.91 Å². The number of carbonyl (C=O) groups is 1. The highest BCUT2D eigenvalue weighted by molar-refractivity contribution is 5.72. The Balaban J connectivity index is 2.22. The summed E-state index contributed by atoms with van der Waals surface area (Å²) in [5, 5.41) is 14.3. The lowest BCUT2D eigenvalue weighted by Crippen LogP contribution is -2.29. The quantitative estimate of drug-likeness (QED) is 0.699. The van der Waals surface area contributed by atoms with E-state index in [1.165, 1.54) is 6.92 Å². The number of nitrogens with zero attached hydrogens (tertiary/aromatic N) is 1. The van der Waals surface area contributed by atoms with Gasteiger partial charge in [-0.1, -0.05) is 12.1 Å². The third-order valence-electron chi connectivity index (χ3n) is 2.23. The zero-order chi connectivity index (χ0) is 13.2. The van der Waals surface area contributed by atoms with Gasteiger partial charge in [-0.2, -0.15) is 5.26 Å². The molecule has 0 atom stereocenters. The third-order valence-corrected chi connectivity index (χ3v) is 2.23.